The zero-order chi connectivity index (χ0) is 21.6. The molecule has 1 spiro atoms. The van der Waals surface area contributed by atoms with Crippen LogP contribution in [0.3, 0.4) is 0 Å². The number of fused-ring (bicyclic) bond motifs is 1. The van der Waals surface area contributed by atoms with Gasteiger partial charge in [-0.05, 0) is 44.0 Å². The van der Waals surface area contributed by atoms with Gasteiger partial charge < -0.3 is 18.9 Å². The molecule has 3 fully saturated rings. The van der Waals surface area contributed by atoms with Crippen molar-refractivity contribution in [1.82, 2.24) is 13.8 Å². The molecule has 9 heteroatoms. The number of likely N-dealkylation sites (tertiary alicyclic amines) is 1. The second kappa shape index (κ2) is 7.88. The van der Waals surface area contributed by atoms with Crippen molar-refractivity contribution in [2.24, 2.45) is 0 Å². The van der Waals surface area contributed by atoms with Crippen molar-refractivity contribution < 1.29 is 22.7 Å². The third-order valence-electron chi connectivity index (χ3n) is 6.82. The van der Waals surface area contributed by atoms with E-state index < -0.39 is 15.8 Å². The molecule has 0 bridgehead atoms. The third-order valence-corrected chi connectivity index (χ3v) is 8.71. The molecular formula is C22H29N3O5S. The van der Waals surface area contributed by atoms with Crippen molar-refractivity contribution in [1.29, 1.82) is 0 Å². The summed E-state index contributed by atoms with van der Waals surface area (Å²) in [4.78, 5) is 15.4. The Balaban J connectivity index is 1.33. The molecule has 3 aliphatic rings. The fraction of sp³-hybridized carbons (Fsp3) is 0.591. The Morgan fingerprint density at radius 3 is 2.39 bits per heavy atom. The Kier molecular flexibility index (Phi) is 5.32. The van der Waals surface area contributed by atoms with Gasteiger partial charge in [0.2, 0.25) is 15.9 Å². The third kappa shape index (κ3) is 3.67. The second-order valence-electron chi connectivity index (χ2n) is 8.66. The molecular weight excluding hydrogens is 418 g/mol. The lowest BCUT2D eigenvalue weighted by Gasteiger charge is -2.38. The second-order valence-corrected chi connectivity index (χ2v) is 10.6. The normalized spacial score (nSPS) is 23.1. The average Bonchev–Trinajstić information content (AvgIpc) is 3.54. The van der Waals surface area contributed by atoms with Crippen molar-refractivity contribution in [3.8, 4) is 0 Å². The van der Waals surface area contributed by atoms with Crippen molar-refractivity contribution in [2.75, 3.05) is 39.4 Å². The zero-order valence-electron chi connectivity index (χ0n) is 17.8. The summed E-state index contributed by atoms with van der Waals surface area (Å²) in [7, 11) is -3.46. The van der Waals surface area contributed by atoms with Gasteiger partial charge in [0.25, 0.3) is 0 Å². The summed E-state index contributed by atoms with van der Waals surface area (Å²) in [5, 5.41) is 0.824. The molecule has 0 radical (unpaired) electrons. The van der Waals surface area contributed by atoms with Crippen molar-refractivity contribution in [2.45, 2.75) is 49.3 Å². The van der Waals surface area contributed by atoms with Crippen LogP contribution in [-0.2, 0) is 24.3 Å². The lowest BCUT2D eigenvalue weighted by molar-refractivity contribution is -0.188. The van der Waals surface area contributed by atoms with E-state index in [9.17, 15) is 13.2 Å². The number of carbonyl (C=O) groups excluding carboxylic acids is 1. The summed E-state index contributed by atoms with van der Waals surface area (Å²) in [6, 6.07) is 6.69. The predicted molar refractivity (Wildman–Crippen MR) is 115 cm³/mol. The molecule has 1 unspecified atom stereocenters. The summed E-state index contributed by atoms with van der Waals surface area (Å²) in [5.41, 5.74) is 0.858. The molecule has 2 aromatic rings. The van der Waals surface area contributed by atoms with Crippen LogP contribution in [0.1, 0.15) is 38.6 Å². The Hall–Kier alpha value is -1.94. The zero-order valence-corrected chi connectivity index (χ0v) is 18.6. The van der Waals surface area contributed by atoms with E-state index in [1.54, 1.807) is 16.4 Å². The van der Waals surface area contributed by atoms with Crippen LogP contribution >= 0.6 is 0 Å². The number of carbonyl (C=O) groups is 1. The number of benzene rings is 1. The number of amides is 1. The van der Waals surface area contributed by atoms with Crippen LogP contribution in [0.4, 0.5) is 0 Å². The Morgan fingerprint density at radius 1 is 1.03 bits per heavy atom. The van der Waals surface area contributed by atoms with Crippen LogP contribution in [-0.4, -0.2) is 73.3 Å². The van der Waals surface area contributed by atoms with Crippen LogP contribution in [0.15, 0.2) is 35.4 Å². The van der Waals surface area contributed by atoms with Gasteiger partial charge in [0.05, 0.1) is 18.1 Å². The minimum Gasteiger partial charge on any atom is -0.347 e. The van der Waals surface area contributed by atoms with Crippen LogP contribution < -0.4 is 0 Å². The standard InChI is InChI=1S/C22H29N3O5S/c1-17(21(26)23-12-7-22(8-13-23)29-14-15-30-22)25-11-6-18-16-19(4-5-20(18)25)31(27,28)24-9-2-3-10-24/h4-6,11,16-17H,2-3,7-10,12-15H2,1H3. The highest BCUT2D eigenvalue weighted by Gasteiger charge is 2.41. The summed E-state index contributed by atoms with van der Waals surface area (Å²) in [6.45, 7) is 5.52. The van der Waals surface area contributed by atoms with Crippen LogP contribution in [0.25, 0.3) is 10.9 Å². The first kappa shape index (κ1) is 20.9. The lowest BCUT2D eigenvalue weighted by atomic mass is 10.0. The highest BCUT2D eigenvalue weighted by molar-refractivity contribution is 7.89. The van der Waals surface area contributed by atoms with E-state index in [4.69, 9.17) is 9.47 Å². The van der Waals surface area contributed by atoms with Crippen molar-refractivity contribution in [3.63, 3.8) is 0 Å². The fourth-order valence-corrected chi connectivity index (χ4v) is 6.51. The minimum absolute atomic E-state index is 0.0547. The van der Waals surface area contributed by atoms with E-state index in [0.717, 1.165) is 23.7 Å². The molecule has 3 aliphatic heterocycles. The maximum atomic E-state index is 13.2. The Bertz CT molecular complexity index is 1070. The van der Waals surface area contributed by atoms with Gasteiger partial charge in [0, 0.05) is 56.1 Å². The molecule has 0 aliphatic carbocycles. The number of nitrogens with zero attached hydrogens (tertiary/aromatic N) is 3. The van der Waals surface area contributed by atoms with Gasteiger partial charge in [-0.3, -0.25) is 4.79 Å². The van der Waals surface area contributed by atoms with Gasteiger partial charge in [-0.15, -0.1) is 0 Å². The van der Waals surface area contributed by atoms with Gasteiger partial charge in [-0.1, -0.05) is 0 Å². The molecule has 1 atom stereocenters. The van der Waals surface area contributed by atoms with Gasteiger partial charge >= 0.3 is 0 Å². The first-order valence-corrected chi connectivity index (χ1v) is 12.5. The summed E-state index contributed by atoms with van der Waals surface area (Å²) in [5.74, 6) is -0.448. The maximum Gasteiger partial charge on any atom is 0.245 e. The molecule has 8 nitrogen and oxygen atoms in total. The number of rotatable bonds is 4. The first-order chi connectivity index (χ1) is 14.9. The molecule has 31 heavy (non-hydrogen) atoms. The molecule has 3 saturated heterocycles. The SMILES string of the molecule is CC(C(=O)N1CCC2(CC1)OCCO2)n1ccc2cc(S(=O)(=O)N3CCCC3)ccc21. The highest BCUT2D eigenvalue weighted by atomic mass is 32.2. The average molecular weight is 448 g/mol. The van der Waals surface area contributed by atoms with E-state index in [2.05, 4.69) is 0 Å². The number of aromatic nitrogens is 1. The smallest absolute Gasteiger partial charge is 0.245 e. The van der Waals surface area contributed by atoms with Crippen LogP contribution in [0, 0.1) is 0 Å². The van der Waals surface area contributed by atoms with Gasteiger partial charge in [-0.2, -0.15) is 4.31 Å². The van der Waals surface area contributed by atoms with E-state index >= 15 is 0 Å². The monoisotopic (exact) mass is 447 g/mol. The molecule has 5 rings (SSSR count). The lowest BCUT2D eigenvalue weighted by Crippen LogP contribution is -2.48. The number of ether oxygens (including phenoxy) is 2. The number of sulfonamides is 1. The Morgan fingerprint density at radius 2 is 1.71 bits per heavy atom. The van der Waals surface area contributed by atoms with Gasteiger partial charge in [0.1, 0.15) is 6.04 Å². The van der Waals surface area contributed by atoms with Crippen LogP contribution in [0.5, 0.6) is 0 Å². The van der Waals surface area contributed by atoms with E-state index in [-0.39, 0.29) is 11.9 Å². The predicted octanol–water partition coefficient (Wildman–Crippen LogP) is 2.35. The Labute approximate surface area is 182 Å². The molecule has 0 saturated carbocycles. The van der Waals surface area contributed by atoms with E-state index in [1.165, 1.54) is 0 Å². The molecule has 1 aromatic carbocycles. The van der Waals surface area contributed by atoms with Gasteiger partial charge in [-0.25, -0.2) is 8.42 Å². The van der Waals surface area contributed by atoms with Crippen molar-refractivity contribution >= 4 is 26.8 Å². The minimum atomic E-state index is -3.46. The largest absolute Gasteiger partial charge is 0.347 e. The van der Waals surface area contributed by atoms with E-state index in [0.29, 0.717) is 57.1 Å². The molecule has 4 heterocycles. The molecule has 0 N–H and O–H groups in total. The number of hydrogen-bond acceptors (Lipinski definition) is 5. The van der Waals surface area contributed by atoms with Crippen molar-refractivity contribution in [3.05, 3.63) is 30.5 Å². The summed E-state index contributed by atoms with van der Waals surface area (Å²) >= 11 is 0. The fourth-order valence-electron chi connectivity index (χ4n) is 4.95. The van der Waals surface area contributed by atoms with Crippen LogP contribution in [0.2, 0.25) is 0 Å². The quantitative estimate of drug-likeness (QED) is 0.719. The molecule has 1 amide bonds. The van der Waals surface area contributed by atoms with Gasteiger partial charge in [0.15, 0.2) is 5.79 Å². The number of piperidine rings is 1. The first-order valence-electron chi connectivity index (χ1n) is 11.1. The maximum absolute atomic E-state index is 13.2. The number of hydrogen-bond donors (Lipinski definition) is 0. The molecule has 1 aromatic heterocycles. The topological polar surface area (TPSA) is 81.1 Å². The summed E-state index contributed by atoms with van der Waals surface area (Å²) in [6.07, 6.45) is 5.07. The summed E-state index contributed by atoms with van der Waals surface area (Å²) < 4.78 is 40.8. The highest BCUT2D eigenvalue weighted by Crippen LogP contribution is 2.33. The molecule has 168 valence electrons. The van der Waals surface area contributed by atoms with E-state index in [1.807, 2.05) is 34.7 Å².